The first-order chi connectivity index (χ1) is 8.71. The minimum Gasteiger partial charge on any atom is -0.494 e. The molecule has 0 aliphatic heterocycles. The van der Waals surface area contributed by atoms with Gasteiger partial charge in [0.15, 0.2) is 0 Å². The normalized spacial score (nSPS) is 11.4. The lowest BCUT2D eigenvalue weighted by atomic mass is 10.1. The Kier molecular flexibility index (Phi) is 5.79. The Balaban J connectivity index is 2.71. The Bertz CT molecular complexity index is 434. The van der Waals surface area contributed by atoms with E-state index in [9.17, 15) is 4.79 Å². The first-order valence-corrected chi connectivity index (χ1v) is 6.21. The second-order valence-corrected chi connectivity index (χ2v) is 3.98. The molecule has 1 unspecified atom stereocenters. The third kappa shape index (κ3) is 4.14. The second kappa shape index (κ2) is 7.39. The summed E-state index contributed by atoms with van der Waals surface area (Å²) in [6.07, 6.45) is 6.97. The van der Waals surface area contributed by atoms with E-state index in [1.54, 1.807) is 18.2 Å². The van der Waals surface area contributed by atoms with E-state index in [-0.39, 0.29) is 11.9 Å². The molecule has 0 fully saturated rings. The maximum Gasteiger partial charge on any atom is 0.252 e. The molecule has 1 aromatic rings. The summed E-state index contributed by atoms with van der Waals surface area (Å²) in [6.45, 7) is 4.62. The average Bonchev–Trinajstić information content (AvgIpc) is 2.42. The number of carbonyl (C=O) groups is 1. The van der Waals surface area contributed by atoms with Crippen LogP contribution < -0.4 is 10.1 Å². The molecule has 0 heterocycles. The smallest absolute Gasteiger partial charge is 0.252 e. The summed E-state index contributed by atoms with van der Waals surface area (Å²) in [7, 11) is 0. The number of terminal acetylenes is 1. The van der Waals surface area contributed by atoms with Gasteiger partial charge in [-0.05, 0) is 31.0 Å². The van der Waals surface area contributed by atoms with Crippen molar-refractivity contribution in [3.8, 4) is 18.1 Å². The van der Waals surface area contributed by atoms with E-state index in [1.165, 1.54) is 0 Å². The van der Waals surface area contributed by atoms with E-state index < -0.39 is 0 Å². The lowest BCUT2D eigenvalue weighted by molar-refractivity contribution is 0.0944. The first kappa shape index (κ1) is 14.1. The zero-order valence-corrected chi connectivity index (χ0v) is 10.9. The van der Waals surface area contributed by atoms with E-state index in [2.05, 4.69) is 11.2 Å². The molecule has 0 aromatic heterocycles. The molecule has 1 rings (SSSR count). The van der Waals surface area contributed by atoms with Crippen LogP contribution in [0.3, 0.4) is 0 Å². The molecule has 1 N–H and O–H groups in total. The van der Waals surface area contributed by atoms with Gasteiger partial charge < -0.3 is 10.1 Å². The summed E-state index contributed by atoms with van der Waals surface area (Å²) in [5.41, 5.74) is 0.567. The lowest BCUT2D eigenvalue weighted by Crippen LogP contribution is -2.33. The number of hydrogen-bond donors (Lipinski definition) is 1. The lowest BCUT2D eigenvalue weighted by Gasteiger charge is -2.11. The second-order valence-electron chi connectivity index (χ2n) is 3.98. The number of nitrogens with one attached hydrogen (secondary N) is 1. The number of benzene rings is 1. The highest BCUT2D eigenvalue weighted by Crippen LogP contribution is 2.13. The summed E-state index contributed by atoms with van der Waals surface area (Å²) in [5, 5.41) is 2.79. The van der Waals surface area contributed by atoms with Crippen LogP contribution in [0.2, 0.25) is 0 Å². The predicted octanol–water partition coefficient (Wildman–Crippen LogP) is 2.62. The zero-order chi connectivity index (χ0) is 13.4. The average molecular weight is 245 g/mol. The van der Waals surface area contributed by atoms with E-state index in [0.29, 0.717) is 24.3 Å². The summed E-state index contributed by atoms with van der Waals surface area (Å²) in [5.74, 6) is 3.08. The van der Waals surface area contributed by atoms with Crippen LogP contribution in [-0.4, -0.2) is 18.6 Å². The Morgan fingerprint density at radius 2 is 2.28 bits per heavy atom. The molecule has 96 valence electrons. The fourth-order valence-corrected chi connectivity index (χ4v) is 1.45. The number of amides is 1. The summed E-state index contributed by atoms with van der Waals surface area (Å²) in [6, 6.07) is 6.89. The van der Waals surface area contributed by atoms with Crippen molar-refractivity contribution in [3.05, 3.63) is 29.8 Å². The van der Waals surface area contributed by atoms with Gasteiger partial charge in [-0.15, -0.1) is 6.42 Å². The van der Waals surface area contributed by atoms with Gasteiger partial charge in [-0.2, -0.15) is 0 Å². The standard InChI is InChI=1S/C15H19NO2/c1-4-10-18-14-9-7-8-12(11-14)15(17)16-13(5-2)6-3/h2,7-9,11,13H,4,6,10H2,1,3H3,(H,16,17). The number of carbonyl (C=O) groups excluding carboxylic acids is 1. The highest BCUT2D eigenvalue weighted by atomic mass is 16.5. The van der Waals surface area contributed by atoms with Gasteiger partial charge in [0.05, 0.1) is 12.6 Å². The predicted molar refractivity (Wildman–Crippen MR) is 72.6 cm³/mol. The fraction of sp³-hybridized carbons (Fsp3) is 0.400. The van der Waals surface area contributed by atoms with E-state index >= 15 is 0 Å². The highest BCUT2D eigenvalue weighted by molar-refractivity contribution is 5.94. The number of rotatable bonds is 6. The van der Waals surface area contributed by atoms with Crippen molar-refractivity contribution >= 4 is 5.91 Å². The molecule has 3 nitrogen and oxygen atoms in total. The minimum atomic E-state index is -0.224. The van der Waals surface area contributed by atoms with Gasteiger partial charge in [-0.3, -0.25) is 4.79 Å². The number of hydrogen-bond acceptors (Lipinski definition) is 2. The Labute approximate surface area is 109 Å². The number of ether oxygens (including phenoxy) is 1. The van der Waals surface area contributed by atoms with Gasteiger partial charge in [-0.25, -0.2) is 0 Å². The third-order valence-corrected chi connectivity index (χ3v) is 2.48. The fourth-order valence-electron chi connectivity index (χ4n) is 1.45. The van der Waals surface area contributed by atoms with Crippen molar-refractivity contribution in [3.63, 3.8) is 0 Å². The van der Waals surface area contributed by atoms with Crippen molar-refractivity contribution in [2.75, 3.05) is 6.61 Å². The van der Waals surface area contributed by atoms with Gasteiger partial charge in [0.1, 0.15) is 5.75 Å². The van der Waals surface area contributed by atoms with Crippen LogP contribution in [-0.2, 0) is 0 Å². The van der Waals surface area contributed by atoms with E-state index in [0.717, 1.165) is 6.42 Å². The van der Waals surface area contributed by atoms with Gasteiger partial charge in [0.25, 0.3) is 5.91 Å². The molecule has 18 heavy (non-hydrogen) atoms. The molecule has 0 aliphatic carbocycles. The van der Waals surface area contributed by atoms with Gasteiger partial charge in [0.2, 0.25) is 0 Å². The maximum atomic E-state index is 11.9. The van der Waals surface area contributed by atoms with Crippen LogP contribution in [0.4, 0.5) is 0 Å². The molecule has 0 radical (unpaired) electrons. The molecule has 0 spiro atoms. The van der Waals surface area contributed by atoms with Crippen LogP contribution >= 0.6 is 0 Å². The quantitative estimate of drug-likeness (QED) is 0.782. The Morgan fingerprint density at radius 3 is 2.89 bits per heavy atom. The molecular weight excluding hydrogens is 226 g/mol. The van der Waals surface area contributed by atoms with Crippen molar-refractivity contribution in [1.29, 1.82) is 0 Å². The molecule has 1 amide bonds. The summed E-state index contributed by atoms with van der Waals surface area (Å²) < 4.78 is 5.48. The van der Waals surface area contributed by atoms with Gasteiger partial charge in [0, 0.05) is 5.56 Å². The molecule has 3 heteroatoms. The molecule has 0 saturated carbocycles. The summed E-state index contributed by atoms with van der Waals surface area (Å²) in [4.78, 5) is 11.9. The van der Waals surface area contributed by atoms with Crippen molar-refractivity contribution in [2.24, 2.45) is 0 Å². The van der Waals surface area contributed by atoms with E-state index in [4.69, 9.17) is 11.2 Å². The van der Waals surface area contributed by atoms with Gasteiger partial charge in [-0.1, -0.05) is 25.8 Å². The highest BCUT2D eigenvalue weighted by Gasteiger charge is 2.10. The van der Waals surface area contributed by atoms with E-state index in [1.807, 2.05) is 19.9 Å². The van der Waals surface area contributed by atoms with Crippen LogP contribution in [0.25, 0.3) is 0 Å². The minimum absolute atomic E-state index is 0.165. The molecule has 0 aliphatic rings. The van der Waals surface area contributed by atoms with Crippen LogP contribution in [0.15, 0.2) is 24.3 Å². The molecule has 0 saturated heterocycles. The SMILES string of the molecule is C#CC(CC)NC(=O)c1cccc(OCCC)c1. The van der Waals surface area contributed by atoms with Gasteiger partial charge >= 0.3 is 0 Å². The third-order valence-electron chi connectivity index (χ3n) is 2.48. The van der Waals surface area contributed by atoms with Crippen molar-refractivity contribution < 1.29 is 9.53 Å². The largest absolute Gasteiger partial charge is 0.494 e. The zero-order valence-electron chi connectivity index (χ0n) is 10.9. The topological polar surface area (TPSA) is 38.3 Å². The van der Waals surface area contributed by atoms with Crippen LogP contribution in [0, 0.1) is 12.3 Å². The van der Waals surface area contributed by atoms with Crippen molar-refractivity contribution in [1.82, 2.24) is 5.32 Å². The molecule has 1 atom stereocenters. The monoisotopic (exact) mass is 245 g/mol. The molecular formula is C15H19NO2. The van der Waals surface area contributed by atoms with Crippen LogP contribution in [0.5, 0.6) is 5.75 Å². The summed E-state index contributed by atoms with van der Waals surface area (Å²) >= 11 is 0. The maximum absolute atomic E-state index is 11.9. The molecule has 1 aromatic carbocycles. The first-order valence-electron chi connectivity index (χ1n) is 6.21. The van der Waals surface area contributed by atoms with Crippen LogP contribution in [0.1, 0.15) is 37.0 Å². The molecule has 0 bridgehead atoms. The Morgan fingerprint density at radius 1 is 1.50 bits per heavy atom. The van der Waals surface area contributed by atoms with Crippen molar-refractivity contribution in [2.45, 2.75) is 32.7 Å². The Hall–Kier alpha value is -1.95.